The van der Waals surface area contributed by atoms with Crippen LogP contribution in [0.4, 0.5) is 0 Å². The lowest BCUT2D eigenvalue weighted by Crippen LogP contribution is -2.20. The fraction of sp³-hybridized carbons (Fsp3) is 0.615. The molecule has 19 heavy (non-hydrogen) atoms. The van der Waals surface area contributed by atoms with Crippen LogP contribution in [-0.2, 0) is 7.05 Å². The van der Waals surface area contributed by atoms with E-state index in [1.165, 1.54) is 0 Å². The van der Waals surface area contributed by atoms with Crippen molar-refractivity contribution in [3.63, 3.8) is 0 Å². The Labute approximate surface area is 112 Å². The molecule has 2 aromatic heterocycles. The molecule has 2 heterocycles. The molecule has 1 aliphatic rings. The predicted molar refractivity (Wildman–Crippen MR) is 70.3 cm³/mol. The molecule has 6 heteroatoms. The van der Waals surface area contributed by atoms with Crippen molar-refractivity contribution in [3.8, 4) is 11.5 Å². The van der Waals surface area contributed by atoms with Gasteiger partial charge in [-0.1, -0.05) is 5.16 Å². The number of nitrogens with two attached hydrogens (primary N) is 1. The summed E-state index contributed by atoms with van der Waals surface area (Å²) in [5, 5.41) is 4.06. The van der Waals surface area contributed by atoms with E-state index in [9.17, 15) is 0 Å². The molecule has 102 valence electrons. The molecular formula is C13H19N5O. The van der Waals surface area contributed by atoms with E-state index in [4.69, 9.17) is 10.3 Å². The fourth-order valence-corrected chi connectivity index (χ4v) is 2.72. The van der Waals surface area contributed by atoms with Crippen LogP contribution >= 0.6 is 0 Å². The van der Waals surface area contributed by atoms with Gasteiger partial charge in [0.1, 0.15) is 5.69 Å². The first-order valence-electron chi connectivity index (χ1n) is 6.78. The van der Waals surface area contributed by atoms with Crippen LogP contribution in [0.15, 0.2) is 17.0 Å². The smallest absolute Gasteiger partial charge is 0.230 e. The van der Waals surface area contributed by atoms with Crippen LogP contribution in [-0.4, -0.2) is 26.2 Å². The van der Waals surface area contributed by atoms with Gasteiger partial charge in [0.2, 0.25) is 11.7 Å². The third-order valence-corrected chi connectivity index (χ3v) is 4.02. The number of rotatable bonds is 3. The van der Waals surface area contributed by atoms with Crippen LogP contribution in [0, 0.1) is 5.92 Å². The van der Waals surface area contributed by atoms with Gasteiger partial charge >= 0.3 is 0 Å². The molecule has 0 atom stereocenters. The van der Waals surface area contributed by atoms with Crippen molar-refractivity contribution < 1.29 is 4.52 Å². The van der Waals surface area contributed by atoms with Crippen molar-refractivity contribution in [2.75, 3.05) is 6.54 Å². The minimum absolute atomic E-state index is 0.386. The van der Waals surface area contributed by atoms with Crippen molar-refractivity contribution in [2.45, 2.75) is 31.6 Å². The highest BCUT2D eigenvalue weighted by atomic mass is 16.5. The van der Waals surface area contributed by atoms with Crippen molar-refractivity contribution in [1.82, 2.24) is 19.7 Å². The maximum atomic E-state index is 5.71. The molecular weight excluding hydrogens is 242 g/mol. The Morgan fingerprint density at radius 1 is 1.37 bits per heavy atom. The first-order valence-corrected chi connectivity index (χ1v) is 6.78. The summed E-state index contributed by atoms with van der Waals surface area (Å²) in [4.78, 5) is 8.59. The highest BCUT2D eigenvalue weighted by molar-refractivity contribution is 5.47. The van der Waals surface area contributed by atoms with Gasteiger partial charge in [-0.15, -0.1) is 0 Å². The zero-order valence-electron chi connectivity index (χ0n) is 11.1. The summed E-state index contributed by atoms with van der Waals surface area (Å²) in [7, 11) is 1.92. The summed E-state index contributed by atoms with van der Waals surface area (Å²) < 4.78 is 7.31. The molecule has 1 fully saturated rings. The molecule has 2 N–H and O–H groups in total. The van der Waals surface area contributed by atoms with E-state index in [0.29, 0.717) is 17.7 Å². The first-order chi connectivity index (χ1) is 9.28. The van der Waals surface area contributed by atoms with Crippen molar-refractivity contribution in [1.29, 1.82) is 0 Å². The van der Waals surface area contributed by atoms with Crippen LogP contribution in [0.3, 0.4) is 0 Å². The zero-order chi connectivity index (χ0) is 13.2. The lowest BCUT2D eigenvalue weighted by Gasteiger charge is -2.24. The summed E-state index contributed by atoms with van der Waals surface area (Å²) in [6.07, 6.45) is 7.98. The summed E-state index contributed by atoms with van der Waals surface area (Å²) >= 11 is 0. The van der Waals surface area contributed by atoms with Crippen LogP contribution in [0.5, 0.6) is 0 Å². The Hall–Kier alpha value is -1.69. The third-order valence-electron chi connectivity index (χ3n) is 4.02. The topological polar surface area (TPSA) is 82.8 Å². The van der Waals surface area contributed by atoms with E-state index in [1.54, 1.807) is 12.5 Å². The van der Waals surface area contributed by atoms with E-state index in [-0.39, 0.29) is 0 Å². The molecule has 0 aromatic carbocycles. The van der Waals surface area contributed by atoms with Gasteiger partial charge in [-0.2, -0.15) is 4.98 Å². The molecule has 0 unspecified atom stereocenters. The molecule has 0 saturated heterocycles. The normalized spacial score (nSPS) is 23.7. The molecule has 0 radical (unpaired) electrons. The summed E-state index contributed by atoms with van der Waals surface area (Å²) in [5.74, 6) is 2.43. The van der Waals surface area contributed by atoms with Crippen molar-refractivity contribution in [2.24, 2.45) is 18.7 Å². The standard InChI is InChI=1S/C13H19N5O/c1-18-8-15-7-11(18)12-16-13(19-17-12)10-4-2-9(6-14)3-5-10/h7-10H,2-6,14H2,1H3. The molecule has 3 rings (SSSR count). The highest BCUT2D eigenvalue weighted by Crippen LogP contribution is 2.35. The lowest BCUT2D eigenvalue weighted by molar-refractivity contribution is 0.275. The minimum atomic E-state index is 0.386. The second-order valence-corrected chi connectivity index (χ2v) is 5.30. The quantitative estimate of drug-likeness (QED) is 0.909. The number of hydrogen-bond acceptors (Lipinski definition) is 5. The van der Waals surface area contributed by atoms with Crippen molar-refractivity contribution in [3.05, 3.63) is 18.4 Å². The first kappa shape index (κ1) is 12.3. The number of hydrogen-bond donors (Lipinski definition) is 1. The Morgan fingerprint density at radius 3 is 2.79 bits per heavy atom. The summed E-state index contributed by atoms with van der Waals surface area (Å²) in [5.41, 5.74) is 6.59. The Morgan fingerprint density at radius 2 is 2.16 bits per heavy atom. The third kappa shape index (κ3) is 2.40. The van der Waals surface area contributed by atoms with Gasteiger partial charge < -0.3 is 14.8 Å². The largest absolute Gasteiger partial charge is 0.339 e. The SMILES string of the molecule is Cn1cncc1-c1noc(C2CCC(CN)CC2)n1. The molecule has 0 spiro atoms. The Bertz CT molecular complexity index is 539. The van der Waals surface area contributed by atoms with E-state index in [0.717, 1.165) is 43.8 Å². The molecule has 6 nitrogen and oxygen atoms in total. The van der Waals surface area contributed by atoms with Gasteiger partial charge in [0.05, 0.1) is 12.5 Å². The van der Waals surface area contributed by atoms with Crippen molar-refractivity contribution >= 4 is 0 Å². The average Bonchev–Trinajstić information content (AvgIpc) is 3.07. The van der Waals surface area contributed by atoms with Gasteiger partial charge in [0.15, 0.2) is 0 Å². The monoisotopic (exact) mass is 261 g/mol. The fourth-order valence-electron chi connectivity index (χ4n) is 2.72. The maximum Gasteiger partial charge on any atom is 0.230 e. The van der Waals surface area contributed by atoms with Crippen LogP contribution < -0.4 is 5.73 Å². The molecule has 1 saturated carbocycles. The summed E-state index contributed by atoms with van der Waals surface area (Å²) in [6.45, 7) is 0.789. The predicted octanol–water partition coefficient (Wildman–Crippen LogP) is 1.70. The molecule has 0 aliphatic heterocycles. The van der Waals surface area contributed by atoms with Gasteiger partial charge in [-0.25, -0.2) is 4.98 Å². The second kappa shape index (κ2) is 5.13. The number of aromatic nitrogens is 4. The maximum absolute atomic E-state index is 5.71. The second-order valence-electron chi connectivity index (χ2n) is 5.30. The van der Waals surface area contributed by atoms with Crippen LogP contribution in [0.1, 0.15) is 37.5 Å². The highest BCUT2D eigenvalue weighted by Gasteiger charge is 2.26. The molecule has 0 bridgehead atoms. The van der Waals surface area contributed by atoms with Gasteiger partial charge in [-0.3, -0.25) is 0 Å². The number of nitrogens with zero attached hydrogens (tertiary/aromatic N) is 4. The number of imidazole rings is 1. The van der Waals surface area contributed by atoms with E-state index < -0.39 is 0 Å². The summed E-state index contributed by atoms with van der Waals surface area (Å²) in [6, 6.07) is 0. The van der Waals surface area contributed by atoms with Crippen LogP contribution in [0.2, 0.25) is 0 Å². The number of aryl methyl sites for hydroxylation is 1. The van der Waals surface area contributed by atoms with E-state index in [2.05, 4.69) is 15.1 Å². The Balaban J connectivity index is 1.74. The van der Waals surface area contributed by atoms with Gasteiger partial charge in [-0.05, 0) is 38.1 Å². The Kier molecular flexibility index (Phi) is 3.33. The van der Waals surface area contributed by atoms with E-state index >= 15 is 0 Å². The average molecular weight is 261 g/mol. The van der Waals surface area contributed by atoms with Gasteiger partial charge in [0.25, 0.3) is 0 Å². The minimum Gasteiger partial charge on any atom is -0.339 e. The molecule has 1 aliphatic carbocycles. The zero-order valence-corrected chi connectivity index (χ0v) is 11.1. The van der Waals surface area contributed by atoms with E-state index in [1.807, 2.05) is 11.6 Å². The molecule has 2 aromatic rings. The van der Waals surface area contributed by atoms with Gasteiger partial charge in [0, 0.05) is 13.0 Å². The molecule has 0 amide bonds. The lowest BCUT2D eigenvalue weighted by atomic mass is 9.82. The van der Waals surface area contributed by atoms with Crippen LogP contribution in [0.25, 0.3) is 11.5 Å².